The van der Waals surface area contributed by atoms with E-state index in [1.54, 1.807) is 11.1 Å². The second-order valence-corrected chi connectivity index (χ2v) is 4.07. The highest BCUT2D eigenvalue weighted by atomic mass is 16.5. The molecule has 0 radical (unpaired) electrons. The number of hydrogen-bond donors (Lipinski definition) is 1. The Morgan fingerprint density at radius 2 is 2.24 bits per heavy atom. The number of hydrogen-bond acceptors (Lipinski definition) is 4. The zero-order valence-electron chi connectivity index (χ0n) is 9.71. The van der Waals surface area contributed by atoms with Crippen LogP contribution in [0.3, 0.4) is 0 Å². The van der Waals surface area contributed by atoms with Crippen LogP contribution in [0.15, 0.2) is 24.4 Å². The first-order valence-corrected chi connectivity index (χ1v) is 5.85. The first-order chi connectivity index (χ1) is 8.29. The molecule has 5 nitrogen and oxygen atoms in total. The number of nitrogens with zero attached hydrogens (tertiary/aromatic N) is 2. The molecule has 1 saturated heterocycles. The number of carbonyl (C=O) groups excluding carboxylic acids is 1. The van der Waals surface area contributed by atoms with E-state index in [2.05, 4.69) is 4.98 Å². The number of carbonyl (C=O) groups is 1. The molecule has 2 rings (SSSR count). The highest BCUT2D eigenvalue weighted by Gasteiger charge is 2.23. The lowest BCUT2D eigenvalue weighted by Gasteiger charge is -2.31. The molecule has 1 aliphatic rings. The van der Waals surface area contributed by atoms with E-state index < -0.39 is 0 Å². The lowest BCUT2D eigenvalue weighted by Crippen LogP contribution is -2.44. The summed E-state index contributed by atoms with van der Waals surface area (Å²) in [6.07, 6.45) is 3.53. The fraction of sp³-hybridized carbons (Fsp3) is 0.500. The molecule has 0 saturated carbocycles. The molecule has 2 heterocycles. The molecule has 0 unspecified atom stereocenters. The van der Waals surface area contributed by atoms with Crippen molar-refractivity contribution in [1.29, 1.82) is 0 Å². The Morgan fingerprint density at radius 1 is 1.47 bits per heavy atom. The molecule has 17 heavy (non-hydrogen) atoms. The van der Waals surface area contributed by atoms with E-state index in [0.29, 0.717) is 19.0 Å². The minimum atomic E-state index is 0.0151. The summed E-state index contributed by atoms with van der Waals surface area (Å²) < 4.78 is 5.74. The molecule has 0 bridgehead atoms. The Hall–Kier alpha value is -1.62. The van der Waals surface area contributed by atoms with E-state index in [1.807, 2.05) is 18.2 Å². The first kappa shape index (κ1) is 11.9. The number of rotatable bonds is 3. The van der Waals surface area contributed by atoms with Crippen LogP contribution in [0, 0.1) is 0 Å². The summed E-state index contributed by atoms with van der Waals surface area (Å²) in [6.45, 7) is 1.52. The van der Waals surface area contributed by atoms with Crippen LogP contribution < -0.4 is 10.5 Å². The topological polar surface area (TPSA) is 68.5 Å². The van der Waals surface area contributed by atoms with E-state index in [-0.39, 0.29) is 18.6 Å². The van der Waals surface area contributed by atoms with Gasteiger partial charge < -0.3 is 15.4 Å². The normalized spacial score (nSPS) is 16.9. The van der Waals surface area contributed by atoms with E-state index in [0.717, 1.165) is 12.8 Å². The number of piperidine rings is 1. The fourth-order valence-electron chi connectivity index (χ4n) is 1.94. The number of amides is 1. The van der Waals surface area contributed by atoms with Gasteiger partial charge in [0.1, 0.15) is 6.10 Å². The minimum Gasteiger partial charge on any atom is -0.474 e. The smallest absolute Gasteiger partial charge is 0.236 e. The number of likely N-dealkylation sites (tertiary alicyclic amines) is 1. The maximum atomic E-state index is 11.4. The SMILES string of the molecule is NCC(=O)N1CCC(Oc2ccccn2)CC1. The average molecular weight is 235 g/mol. The predicted octanol–water partition coefficient (Wildman–Crippen LogP) is 0.410. The maximum Gasteiger partial charge on any atom is 0.236 e. The van der Waals surface area contributed by atoms with Crippen molar-refractivity contribution in [3.63, 3.8) is 0 Å². The van der Waals surface area contributed by atoms with Gasteiger partial charge in [0.05, 0.1) is 6.54 Å². The summed E-state index contributed by atoms with van der Waals surface area (Å²) in [6, 6.07) is 5.60. The minimum absolute atomic E-state index is 0.0151. The fourth-order valence-corrected chi connectivity index (χ4v) is 1.94. The summed E-state index contributed by atoms with van der Waals surface area (Å²) in [5.74, 6) is 0.664. The van der Waals surface area contributed by atoms with Gasteiger partial charge in [0.25, 0.3) is 0 Å². The third-order valence-corrected chi connectivity index (χ3v) is 2.89. The molecule has 0 spiro atoms. The van der Waals surface area contributed by atoms with Gasteiger partial charge in [0.2, 0.25) is 11.8 Å². The molecule has 1 amide bonds. The summed E-state index contributed by atoms with van der Waals surface area (Å²) >= 11 is 0. The van der Waals surface area contributed by atoms with Crippen molar-refractivity contribution in [2.45, 2.75) is 18.9 Å². The molecule has 0 atom stereocenters. The molecule has 0 aromatic carbocycles. The number of aromatic nitrogens is 1. The van der Waals surface area contributed by atoms with Gasteiger partial charge in [0, 0.05) is 38.2 Å². The molecular weight excluding hydrogens is 218 g/mol. The molecule has 5 heteroatoms. The van der Waals surface area contributed by atoms with Crippen molar-refractivity contribution in [1.82, 2.24) is 9.88 Å². The van der Waals surface area contributed by atoms with Gasteiger partial charge in [-0.25, -0.2) is 4.98 Å². The van der Waals surface area contributed by atoms with Gasteiger partial charge in [0.15, 0.2) is 0 Å². The van der Waals surface area contributed by atoms with Crippen LogP contribution in [0.2, 0.25) is 0 Å². The van der Waals surface area contributed by atoms with Crippen LogP contribution in [0.5, 0.6) is 5.88 Å². The summed E-state index contributed by atoms with van der Waals surface area (Å²) in [4.78, 5) is 17.3. The van der Waals surface area contributed by atoms with E-state index in [4.69, 9.17) is 10.5 Å². The van der Waals surface area contributed by atoms with Crippen molar-refractivity contribution in [3.8, 4) is 5.88 Å². The van der Waals surface area contributed by atoms with Crippen LogP contribution in [-0.4, -0.2) is 41.5 Å². The van der Waals surface area contributed by atoms with Crippen molar-refractivity contribution < 1.29 is 9.53 Å². The average Bonchev–Trinajstić information content (AvgIpc) is 2.40. The third-order valence-electron chi connectivity index (χ3n) is 2.89. The predicted molar refractivity (Wildman–Crippen MR) is 63.5 cm³/mol. The van der Waals surface area contributed by atoms with Gasteiger partial charge in [-0.1, -0.05) is 6.07 Å². The van der Waals surface area contributed by atoms with Gasteiger partial charge in [-0.2, -0.15) is 0 Å². The molecule has 92 valence electrons. The zero-order chi connectivity index (χ0) is 12.1. The van der Waals surface area contributed by atoms with Crippen LogP contribution in [0.25, 0.3) is 0 Å². The largest absolute Gasteiger partial charge is 0.474 e. The van der Waals surface area contributed by atoms with Gasteiger partial charge in [-0.05, 0) is 6.07 Å². The van der Waals surface area contributed by atoms with E-state index in [1.165, 1.54) is 0 Å². The monoisotopic (exact) mass is 235 g/mol. The molecule has 1 aliphatic heterocycles. The number of nitrogens with two attached hydrogens (primary N) is 1. The molecule has 1 fully saturated rings. The highest BCUT2D eigenvalue weighted by molar-refractivity contribution is 5.78. The van der Waals surface area contributed by atoms with Gasteiger partial charge in [-0.3, -0.25) is 4.79 Å². The molecule has 1 aromatic rings. The Bertz CT molecular complexity index is 361. The lowest BCUT2D eigenvalue weighted by molar-refractivity contribution is -0.131. The summed E-state index contributed by atoms with van der Waals surface area (Å²) in [5.41, 5.74) is 5.33. The van der Waals surface area contributed by atoms with Crippen LogP contribution >= 0.6 is 0 Å². The van der Waals surface area contributed by atoms with E-state index in [9.17, 15) is 4.79 Å². The van der Waals surface area contributed by atoms with Crippen molar-refractivity contribution in [2.24, 2.45) is 5.73 Å². The van der Waals surface area contributed by atoms with Crippen LogP contribution in [0.1, 0.15) is 12.8 Å². The number of pyridine rings is 1. The number of ether oxygens (including phenoxy) is 1. The second-order valence-electron chi connectivity index (χ2n) is 4.07. The first-order valence-electron chi connectivity index (χ1n) is 5.85. The van der Waals surface area contributed by atoms with Gasteiger partial charge in [-0.15, -0.1) is 0 Å². The molecular formula is C12H17N3O2. The maximum absolute atomic E-state index is 11.4. The third kappa shape index (κ3) is 3.17. The van der Waals surface area contributed by atoms with Crippen LogP contribution in [0.4, 0.5) is 0 Å². The van der Waals surface area contributed by atoms with Crippen molar-refractivity contribution in [3.05, 3.63) is 24.4 Å². The Balaban J connectivity index is 1.82. The quantitative estimate of drug-likeness (QED) is 0.824. The molecule has 0 aliphatic carbocycles. The lowest BCUT2D eigenvalue weighted by atomic mass is 10.1. The highest BCUT2D eigenvalue weighted by Crippen LogP contribution is 2.16. The molecule has 1 aromatic heterocycles. The standard InChI is InChI=1S/C12H17N3O2/c13-9-12(16)15-7-4-10(5-8-15)17-11-3-1-2-6-14-11/h1-3,6,10H,4-5,7-9,13H2. The summed E-state index contributed by atoms with van der Waals surface area (Å²) in [7, 11) is 0. The van der Waals surface area contributed by atoms with Crippen molar-refractivity contribution >= 4 is 5.91 Å². The second kappa shape index (κ2) is 5.63. The van der Waals surface area contributed by atoms with Gasteiger partial charge >= 0.3 is 0 Å². The zero-order valence-corrected chi connectivity index (χ0v) is 9.71. The van der Waals surface area contributed by atoms with Crippen molar-refractivity contribution in [2.75, 3.05) is 19.6 Å². The summed E-state index contributed by atoms with van der Waals surface area (Å²) in [5, 5.41) is 0. The molecule has 2 N–H and O–H groups in total. The van der Waals surface area contributed by atoms with Crippen LogP contribution in [-0.2, 0) is 4.79 Å². The Morgan fingerprint density at radius 3 is 2.82 bits per heavy atom. The Kier molecular flexibility index (Phi) is 3.93. The van der Waals surface area contributed by atoms with E-state index >= 15 is 0 Å². The Labute approximate surface area is 101 Å².